The summed E-state index contributed by atoms with van der Waals surface area (Å²) < 4.78 is 0. The van der Waals surface area contributed by atoms with E-state index in [2.05, 4.69) is 232 Å². The van der Waals surface area contributed by atoms with Crippen LogP contribution in [0.5, 0.6) is 0 Å². The molecule has 6 aromatic carbocycles. The molecule has 0 atom stereocenters. The molecule has 0 bridgehead atoms. The number of unbranched alkanes of at least 4 members (excludes halogenated alkanes) is 3. The maximum Gasteiger partial charge on any atom is 1.00 e. The zero-order valence-electron chi connectivity index (χ0n) is 50.2. The van der Waals surface area contributed by atoms with Gasteiger partial charge in [-0.05, 0) is 117 Å². The summed E-state index contributed by atoms with van der Waals surface area (Å²) >= 11 is 0. The van der Waals surface area contributed by atoms with Gasteiger partial charge in [0.05, 0.1) is 11.5 Å². The number of hydrogen-bond acceptors (Lipinski definition) is 3. The van der Waals surface area contributed by atoms with E-state index < -0.39 is 0 Å². The molecule has 7 aromatic rings. The van der Waals surface area contributed by atoms with Crippen molar-refractivity contribution in [2.45, 2.75) is 146 Å². The van der Waals surface area contributed by atoms with Crippen LogP contribution in [0.2, 0.25) is 0 Å². The number of aromatic nitrogens is 1. The number of para-hydroxylation sites is 2. The van der Waals surface area contributed by atoms with E-state index in [0.29, 0.717) is 35.3 Å². The van der Waals surface area contributed by atoms with Gasteiger partial charge >= 0.3 is 34.1 Å². The molecule has 1 heterocycles. The van der Waals surface area contributed by atoms with Crippen molar-refractivity contribution in [3.05, 3.63) is 232 Å². The predicted molar refractivity (Wildman–Crippen MR) is 350 cm³/mol. The van der Waals surface area contributed by atoms with E-state index in [0.717, 1.165) is 34.2 Å². The van der Waals surface area contributed by atoms with Crippen molar-refractivity contribution < 1.29 is 34.1 Å². The second-order valence-corrected chi connectivity index (χ2v) is 25.9. The third-order valence-corrected chi connectivity index (χ3v) is 18.6. The van der Waals surface area contributed by atoms with Crippen LogP contribution < -0.4 is 21.2 Å². The molecule has 0 N–H and O–H groups in total. The van der Waals surface area contributed by atoms with Gasteiger partial charge in [-0.3, -0.25) is 9.98 Å². The molecular weight excluding hydrogens is 1110 g/mol. The zero-order valence-corrected chi connectivity index (χ0v) is 53.9. The van der Waals surface area contributed by atoms with Crippen LogP contribution in [-0.2, 0) is 34.1 Å². The van der Waals surface area contributed by atoms with Gasteiger partial charge in [0.25, 0.3) is 0 Å². The van der Waals surface area contributed by atoms with E-state index in [1.807, 2.05) is 58.0 Å². The fraction of sp³-hybridized carbons (Fsp3) is 0.338. The van der Waals surface area contributed by atoms with Gasteiger partial charge in [-0.15, -0.1) is 5.69 Å². The van der Waals surface area contributed by atoms with E-state index in [1.165, 1.54) is 81.5 Å². The van der Waals surface area contributed by atoms with Crippen LogP contribution in [0.1, 0.15) is 169 Å². The maximum atomic E-state index is 5.05. The second-order valence-electron chi connectivity index (χ2n) is 21.2. The predicted octanol–water partition coefficient (Wildman–Crippen LogP) is 20.8. The summed E-state index contributed by atoms with van der Waals surface area (Å²) in [6.07, 6.45) is 12.0. The molecule has 0 aliphatic heterocycles. The van der Waals surface area contributed by atoms with Crippen molar-refractivity contribution in [1.82, 2.24) is 4.98 Å². The Bertz CT molecular complexity index is 2770. The molecule has 0 amide bonds. The van der Waals surface area contributed by atoms with E-state index in [-0.39, 0.29) is 50.0 Å². The summed E-state index contributed by atoms with van der Waals surface area (Å²) in [4.78, 5) is 14.5. The number of aliphatic imine (C=N–C) groups is 2. The minimum Gasteiger partial charge on any atom is -0.661 e. The van der Waals surface area contributed by atoms with Crippen LogP contribution in [-0.4, -0.2) is 28.7 Å². The number of hydrogen-bond donors (Lipinski definition) is 0. The van der Waals surface area contributed by atoms with Crippen molar-refractivity contribution in [2.24, 2.45) is 9.98 Å². The summed E-state index contributed by atoms with van der Waals surface area (Å²) in [6, 6.07) is 62.9. The van der Waals surface area contributed by atoms with Gasteiger partial charge in [0.15, 0.2) is 0 Å². The number of pyridine rings is 1. The Hall–Kier alpha value is -5.21. The standard InChI is InChI=1S/C39H51N5.C26H24P2.C6H14.2Cu/c1-24(2)32-16-13-17-33(25(3)4)38(32)42-30(11)22-28(9)40-36-20-15-21-37(44-36)41-29(10)23-31(12)43-39-34(26(5)6)18-14-19-35(39)27(7)8;1-5-13-23(14-6-1)27(24-15-7-2-8-16-24)21-22-28(25-17-9-3-10-18-25)26-19-11-4-12-20-26;1-3-5-6-4-2;;/h13-27H,1-12H3;1-20H,21-22H2;3-6H2,1-2H3;;/q-2;;;2*+1/b28-22-,31-23-,41-29+,42-30?;;;;. The maximum absolute atomic E-state index is 5.05. The molecule has 7 rings (SSSR count). The van der Waals surface area contributed by atoms with Gasteiger partial charge in [0, 0.05) is 11.4 Å². The smallest absolute Gasteiger partial charge is 0.661 e. The van der Waals surface area contributed by atoms with Gasteiger partial charge in [-0.2, -0.15) is 5.70 Å². The summed E-state index contributed by atoms with van der Waals surface area (Å²) in [5.41, 5.74) is 10.7. The van der Waals surface area contributed by atoms with Gasteiger partial charge in [-0.1, -0.05) is 300 Å². The molecule has 0 saturated heterocycles. The van der Waals surface area contributed by atoms with Crippen molar-refractivity contribution in [3.8, 4) is 0 Å². The molecule has 0 aliphatic carbocycles. The molecule has 5 nitrogen and oxygen atoms in total. The van der Waals surface area contributed by atoms with E-state index in [1.54, 1.807) is 0 Å². The fourth-order valence-corrected chi connectivity index (χ4v) is 14.6. The number of allylic oxidation sites excluding steroid dienone is 4. The van der Waals surface area contributed by atoms with Crippen LogP contribution in [0.4, 0.5) is 23.0 Å². The third kappa shape index (κ3) is 22.6. The summed E-state index contributed by atoms with van der Waals surface area (Å²) in [5, 5.41) is 15.7. The average molecular weight is 1200 g/mol. The number of benzene rings is 6. The first-order valence-corrected chi connectivity index (χ1v) is 31.5. The van der Waals surface area contributed by atoms with Gasteiger partial charge in [0.1, 0.15) is 0 Å². The Kier molecular flexibility index (Phi) is 31.9. The van der Waals surface area contributed by atoms with Crippen molar-refractivity contribution in [1.29, 1.82) is 0 Å². The first-order chi connectivity index (χ1) is 37.6. The molecule has 0 radical (unpaired) electrons. The average Bonchev–Trinajstić information content (AvgIpc) is 3.44. The molecule has 0 spiro atoms. The Morgan fingerprint density at radius 3 is 1.12 bits per heavy atom. The van der Waals surface area contributed by atoms with E-state index in [4.69, 9.17) is 20.6 Å². The molecule has 0 saturated carbocycles. The van der Waals surface area contributed by atoms with Gasteiger partial charge in [-0.25, -0.2) is 0 Å². The van der Waals surface area contributed by atoms with Crippen LogP contribution in [0.3, 0.4) is 0 Å². The largest absolute Gasteiger partial charge is 1.00 e. The molecule has 0 aliphatic rings. The zero-order chi connectivity index (χ0) is 56.4. The first kappa shape index (κ1) is 69.1. The molecule has 9 heteroatoms. The topological polar surface area (TPSA) is 65.8 Å². The first-order valence-electron chi connectivity index (χ1n) is 28.5. The fourth-order valence-electron chi connectivity index (χ4n) is 9.21. The Morgan fingerprint density at radius 2 is 0.762 bits per heavy atom. The summed E-state index contributed by atoms with van der Waals surface area (Å²) in [6.45, 7) is 30.2. The Morgan fingerprint density at radius 1 is 0.425 bits per heavy atom. The van der Waals surface area contributed by atoms with Crippen LogP contribution in [0, 0.1) is 0 Å². The van der Waals surface area contributed by atoms with Crippen molar-refractivity contribution in [3.63, 3.8) is 0 Å². The quantitative estimate of drug-likeness (QED) is 0.0289. The second kappa shape index (κ2) is 37.0. The Labute approximate surface area is 508 Å². The molecule has 0 fully saturated rings. The van der Waals surface area contributed by atoms with Crippen LogP contribution >= 0.6 is 15.8 Å². The van der Waals surface area contributed by atoms with E-state index in [9.17, 15) is 0 Å². The summed E-state index contributed by atoms with van der Waals surface area (Å²) in [7, 11) is -0.696. The molecule has 80 heavy (non-hydrogen) atoms. The van der Waals surface area contributed by atoms with Crippen molar-refractivity contribution >= 4 is 71.5 Å². The third-order valence-electron chi connectivity index (χ3n) is 13.2. The van der Waals surface area contributed by atoms with Gasteiger partial charge < -0.3 is 15.6 Å². The molecule has 430 valence electrons. The minimum atomic E-state index is -0.348. The van der Waals surface area contributed by atoms with Gasteiger partial charge in [0.2, 0.25) is 0 Å². The van der Waals surface area contributed by atoms with Crippen LogP contribution in [0.25, 0.3) is 10.6 Å². The van der Waals surface area contributed by atoms with E-state index >= 15 is 0 Å². The molecular formula is C71H89Cu2N5P2. The molecule has 1 aromatic heterocycles. The number of nitrogens with zero attached hydrogens (tertiary/aromatic N) is 5. The minimum absolute atomic E-state index is 0. The summed E-state index contributed by atoms with van der Waals surface area (Å²) in [5.74, 6) is 2.81. The van der Waals surface area contributed by atoms with Crippen molar-refractivity contribution in [2.75, 3.05) is 12.3 Å². The monoisotopic (exact) mass is 1200 g/mol. The normalized spacial score (nSPS) is 11.9. The SMILES string of the molecule is CC(/C=C(/C)[N-]c1cccc(/N=C(C)/C=C(/C)[N-]c2c(C(C)C)cccc2C(C)C)n1)=Nc1c(C(C)C)cccc1C(C)C.CCCCCC.[Cu+].[Cu+].c1ccc(P(CCP(c2ccccc2)c2ccccc2)c2ccccc2)cc1. The number of rotatable bonds is 22. The molecule has 0 unspecified atom stereocenters. The Balaban J connectivity index is 0.000000398. The van der Waals surface area contributed by atoms with Crippen LogP contribution in [0.15, 0.2) is 209 Å².